The maximum absolute atomic E-state index is 11.9. The van der Waals surface area contributed by atoms with E-state index in [2.05, 4.69) is 27.5 Å². The van der Waals surface area contributed by atoms with Gasteiger partial charge in [-0.2, -0.15) is 10.2 Å². The van der Waals surface area contributed by atoms with E-state index in [-0.39, 0.29) is 0 Å². The highest BCUT2D eigenvalue weighted by atomic mass is 16.2. The molecule has 0 unspecified atom stereocenters. The van der Waals surface area contributed by atoms with E-state index >= 15 is 0 Å². The van der Waals surface area contributed by atoms with E-state index in [1.165, 1.54) is 0 Å². The van der Waals surface area contributed by atoms with Crippen molar-refractivity contribution in [2.75, 3.05) is 5.32 Å². The first-order valence-corrected chi connectivity index (χ1v) is 8.10. The third kappa shape index (κ3) is 4.19. The predicted molar refractivity (Wildman–Crippen MR) is 106 cm³/mol. The Balaban J connectivity index is 1.69. The summed E-state index contributed by atoms with van der Waals surface area (Å²) in [6.45, 7) is 5.72. The third-order valence-corrected chi connectivity index (χ3v) is 3.81. The number of anilines is 1. The van der Waals surface area contributed by atoms with E-state index in [4.69, 9.17) is 7.85 Å². The smallest absolute Gasteiger partial charge is 0.307 e. The van der Waals surface area contributed by atoms with Crippen LogP contribution < -0.4 is 16.3 Å². The number of hydrogen-bond acceptors (Lipinski definition) is 3. The van der Waals surface area contributed by atoms with Gasteiger partial charge in [-0.25, -0.2) is 14.9 Å². The zero-order chi connectivity index (χ0) is 18.5. The van der Waals surface area contributed by atoms with Gasteiger partial charge in [-0.3, -0.25) is 0 Å². The minimum atomic E-state index is -0.432. The first-order valence-electron chi connectivity index (χ1n) is 8.10. The summed E-state index contributed by atoms with van der Waals surface area (Å²) < 4.78 is 1.71. The Labute approximate surface area is 153 Å². The summed E-state index contributed by atoms with van der Waals surface area (Å²) in [7, 11) is 6.00. The molecule has 0 saturated carbocycles. The number of hydrazone groups is 1. The zero-order valence-corrected chi connectivity index (χ0v) is 14.4. The van der Waals surface area contributed by atoms with Crippen molar-refractivity contribution in [2.24, 2.45) is 5.10 Å². The molecule has 7 heteroatoms. The molecule has 2 aromatic rings. The van der Waals surface area contributed by atoms with Gasteiger partial charge in [0.25, 0.3) is 0 Å². The lowest BCUT2D eigenvalue weighted by Crippen LogP contribution is -2.26. The molecule has 2 amide bonds. The lowest BCUT2D eigenvalue weighted by molar-refractivity contribution is 0.252. The second kappa shape index (κ2) is 7.69. The minimum Gasteiger partial charge on any atom is -0.307 e. The number of rotatable bonds is 4. The van der Waals surface area contributed by atoms with Crippen molar-refractivity contribution >= 4 is 36.6 Å². The van der Waals surface area contributed by atoms with E-state index in [1.54, 1.807) is 29.9 Å². The lowest BCUT2D eigenvalue weighted by Gasteiger charge is -2.10. The monoisotopic (exact) mass is 343 g/mol. The molecule has 3 rings (SSSR count). The maximum Gasteiger partial charge on any atom is 0.339 e. The summed E-state index contributed by atoms with van der Waals surface area (Å²) in [6.07, 6.45) is 8.34. The molecule has 128 valence electrons. The zero-order valence-electron chi connectivity index (χ0n) is 14.4. The maximum atomic E-state index is 11.9. The van der Waals surface area contributed by atoms with Gasteiger partial charge in [0.15, 0.2) is 0 Å². The van der Waals surface area contributed by atoms with Crippen LogP contribution in [-0.4, -0.2) is 29.4 Å². The quantitative estimate of drug-likeness (QED) is 0.509. The van der Waals surface area contributed by atoms with Crippen LogP contribution in [0, 0.1) is 0 Å². The third-order valence-electron chi connectivity index (χ3n) is 3.81. The molecule has 2 radical (unpaired) electrons. The summed E-state index contributed by atoms with van der Waals surface area (Å²) in [5, 5.41) is 11.1. The van der Waals surface area contributed by atoms with Crippen molar-refractivity contribution in [3.05, 3.63) is 72.5 Å². The number of nitrogens with one attached hydrogen (secondary N) is 2. The van der Waals surface area contributed by atoms with Gasteiger partial charge in [-0.15, -0.1) is 0 Å². The Hall–Kier alpha value is -3.35. The standard InChI is InChI=1S/C19H18BN5O/c1-13-7-6-10-16(11-13)25-12-17(18(20)24-25)14(2)22-23-19(26)21-15-8-4-3-5-9-15/h3-10,12H,1,11H2,2H3,(H2,21,23,26)/b22-14+. The molecule has 1 aromatic carbocycles. The summed E-state index contributed by atoms with van der Waals surface area (Å²) in [5.41, 5.74) is 6.68. The minimum absolute atomic E-state index is 0.345. The van der Waals surface area contributed by atoms with Gasteiger partial charge in [-0.1, -0.05) is 36.9 Å². The molecule has 0 saturated heterocycles. The van der Waals surface area contributed by atoms with Crippen molar-refractivity contribution in [1.82, 2.24) is 15.2 Å². The van der Waals surface area contributed by atoms with Crippen LogP contribution in [0.15, 0.2) is 72.0 Å². The normalized spacial score (nSPS) is 14.1. The number of amides is 2. The molecule has 6 nitrogen and oxygen atoms in total. The lowest BCUT2D eigenvalue weighted by atomic mass is 9.98. The summed E-state index contributed by atoms with van der Waals surface area (Å²) in [6, 6.07) is 8.69. The van der Waals surface area contributed by atoms with Crippen molar-refractivity contribution in [3.8, 4) is 0 Å². The first kappa shape index (κ1) is 17.5. The second-order valence-electron chi connectivity index (χ2n) is 5.85. The Morgan fingerprint density at radius 3 is 2.85 bits per heavy atom. The molecular weight excluding hydrogens is 325 g/mol. The summed E-state index contributed by atoms with van der Waals surface area (Å²) >= 11 is 0. The van der Waals surface area contributed by atoms with Crippen molar-refractivity contribution in [2.45, 2.75) is 13.3 Å². The van der Waals surface area contributed by atoms with Crippen LogP contribution >= 0.6 is 0 Å². The van der Waals surface area contributed by atoms with Crippen LogP contribution in [0.4, 0.5) is 10.5 Å². The fraction of sp³-hybridized carbons (Fsp3) is 0.105. The van der Waals surface area contributed by atoms with Crippen molar-refractivity contribution < 1.29 is 4.79 Å². The molecule has 0 atom stereocenters. The largest absolute Gasteiger partial charge is 0.339 e. The number of allylic oxidation sites excluding steroid dienone is 5. The molecule has 1 aliphatic carbocycles. The highest BCUT2D eigenvalue weighted by molar-refractivity contribution is 6.35. The number of carbonyl (C=O) groups is 1. The second-order valence-corrected chi connectivity index (χ2v) is 5.85. The number of hydrogen-bond donors (Lipinski definition) is 2. The first-order chi connectivity index (χ1) is 12.5. The van der Waals surface area contributed by atoms with Crippen LogP contribution in [0.5, 0.6) is 0 Å². The highest BCUT2D eigenvalue weighted by Crippen LogP contribution is 2.19. The number of nitrogens with zero attached hydrogens (tertiary/aromatic N) is 3. The molecule has 0 bridgehead atoms. The summed E-state index contributed by atoms with van der Waals surface area (Å²) in [4.78, 5) is 11.9. The molecule has 2 N–H and O–H groups in total. The van der Waals surface area contributed by atoms with E-state index in [9.17, 15) is 4.79 Å². The van der Waals surface area contributed by atoms with E-state index in [1.807, 2.05) is 36.4 Å². The number of para-hydroxylation sites is 1. The van der Waals surface area contributed by atoms with Gasteiger partial charge in [-0.05, 0) is 30.7 Å². The SMILES string of the molecule is [B]c1nn(C2=CC=CC(=C)C2)cc1/C(C)=N/NC(=O)Nc1ccccc1. The van der Waals surface area contributed by atoms with Gasteiger partial charge in [0, 0.05) is 35.2 Å². The topological polar surface area (TPSA) is 71.3 Å². The Morgan fingerprint density at radius 1 is 1.35 bits per heavy atom. The van der Waals surface area contributed by atoms with Crippen LogP contribution in [-0.2, 0) is 0 Å². The van der Waals surface area contributed by atoms with E-state index in [0.717, 1.165) is 11.3 Å². The highest BCUT2D eigenvalue weighted by Gasteiger charge is 2.12. The number of carbonyl (C=O) groups excluding carboxylic acids is 1. The molecule has 1 aromatic heterocycles. The van der Waals surface area contributed by atoms with E-state index in [0.29, 0.717) is 29.0 Å². The number of aromatic nitrogens is 2. The van der Waals surface area contributed by atoms with Gasteiger partial charge in [0.05, 0.1) is 5.71 Å². The van der Waals surface area contributed by atoms with Crippen LogP contribution in [0.3, 0.4) is 0 Å². The fourth-order valence-corrected chi connectivity index (χ4v) is 2.49. The molecule has 1 aliphatic rings. The van der Waals surface area contributed by atoms with Gasteiger partial charge >= 0.3 is 6.03 Å². The number of urea groups is 1. The Bertz CT molecular complexity index is 925. The van der Waals surface area contributed by atoms with Gasteiger partial charge < -0.3 is 5.32 Å². The number of benzene rings is 1. The molecular formula is C19H18BN5O. The van der Waals surface area contributed by atoms with Crippen LogP contribution in [0.1, 0.15) is 18.9 Å². The van der Waals surface area contributed by atoms with Crippen molar-refractivity contribution in [3.63, 3.8) is 0 Å². The Kier molecular flexibility index (Phi) is 5.17. The average molecular weight is 343 g/mol. The van der Waals surface area contributed by atoms with Crippen LogP contribution in [0.2, 0.25) is 0 Å². The van der Waals surface area contributed by atoms with E-state index < -0.39 is 6.03 Å². The average Bonchev–Trinajstić information content (AvgIpc) is 3.02. The van der Waals surface area contributed by atoms with Gasteiger partial charge in [0.2, 0.25) is 0 Å². The molecule has 0 spiro atoms. The molecule has 1 heterocycles. The fourth-order valence-electron chi connectivity index (χ4n) is 2.49. The summed E-state index contributed by atoms with van der Waals surface area (Å²) in [5.74, 6) is 0. The van der Waals surface area contributed by atoms with Crippen LogP contribution in [0.25, 0.3) is 5.70 Å². The predicted octanol–water partition coefficient (Wildman–Crippen LogP) is 2.58. The molecule has 0 fully saturated rings. The molecule has 0 aliphatic heterocycles. The Morgan fingerprint density at radius 2 is 2.12 bits per heavy atom. The van der Waals surface area contributed by atoms with Crippen molar-refractivity contribution in [1.29, 1.82) is 0 Å². The van der Waals surface area contributed by atoms with Gasteiger partial charge in [0.1, 0.15) is 7.85 Å². The molecule has 26 heavy (non-hydrogen) atoms.